The van der Waals surface area contributed by atoms with Gasteiger partial charge in [-0.25, -0.2) is 0 Å². The molecular formula is C17H18O3. The van der Waals surface area contributed by atoms with Gasteiger partial charge in [0.2, 0.25) is 0 Å². The van der Waals surface area contributed by atoms with Gasteiger partial charge in [-0.1, -0.05) is 6.07 Å². The molecule has 0 heterocycles. The zero-order valence-corrected chi connectivity index (χ0v) is 11.8. The van der Waals surface area contributed by atoms with Gasteiger partial charge in [0.1, 0.15) is 31.0 Å². The first-order chi connectivity index (χ1) is 9.67. The molecule has 0 aromatic heterocycles. The van der Waals surface area contributed by atoms with E-state index in [9.17, 15) is 4.79 Å². The molecule has 2 rings (SSSR count). The number of carbonyl (C=O) groups excluding carboxylic acids is 1. The van der Waals surface area contributed by atoms with Crippen LogP contribution in [0.5, 0.6) is 11.5 Å². The lowest BCUT2D eigenvalue weighted by molar-refractivity contribution is 0.112. The Labute approximate surface area is 119 Å². The van der Waals surface area contributed by atoms with Gasteiger partial charge in [0.25, 0.3) is 0 Å². The number of benzene rings is 2. The molecule has 0 aliphatic heterocycles. The number of hydrogen-bond acceptors (Lipinski definition) is 3. The molecule has 0 saturated carbocycles. The molecule has 0 fully saturated rings. The van der Waals surface area contributed by atoms with Crippen LogP contribution in [0.2, 0.25) is 0 Å². The maximum atomic E-state index is 10.5. The Bertz CT molecular complexity index is 553. The smallest absolute Gasteiger partial charge is 0.150 e. The summed E-state index contributed by atoms with van der Waals surface area (Å²) in [5.41, 5.74) is 3.01. The first-order valence-corrected chi connectivity index (χ1v) is 6.56. The molecule has 0 N–H and O–H groups in total. The third kappa shape index (κ3) is 4.12. The molecule has 0 saturated heterocycles. The lowest BCUT2D eigenvalue weighted by atomic mass is 10.1. The predicted molar refractivity (Wildman–Crippen MR) is 78.7 cm³/mol. The Morgan fingerprint density at radius 1 is 0.850 bits per heavy atom. The summed E-state index contributed by atoms with van der Waals surface area (Å²) in [5.74, 6) is 1.60. The van der Waals surface area contributed by atoms with Crippen molar-refractivity contribution in [2.24, 2.45) is 0 Å². The van der Waals surface area contributed by atoms with Crippen molar-refractivity contribution in [3.8, 4) is 11.5 Å². The zero-order valence-electron chi connectivity index (χ0n) is 11.8. The van der Waals surface area contributed by atoms with Crippen LogP contribution in [0.3, 0.4) is 0 Å². The number of carbonyl (C=O) groups is 1. The first kappa shape index (κ1) is 14.1. The molecule has 3 heteroatoms. The van der Waals surface area contributed by atoms with Crippen LogP contribution in [-0.4, -0.2) is 19.5 Å². The molecule has 0 atom stereocenters. The van der Waals surface area contributed by atoms with Crippen LogP contribution in [0.4, 0.5) is 0 Å². The maximum Gasteiger partial charge on any atom is 0.150 e. The van der Waals surface area contributed by atoms with E-state index in [2.05, 4.69) is 6.07 Å². The van der Waals surface area contributed by atoms with Crippen LogP contribution < -0.4 is 9.47 Å². The third-order valence-electron chi connectivity index (χ3n) is 2.83. The Morgan fingerprint density at radius 2 is 1.40 bits per heavy atom. The minimum absolute atomic E-state index is 0.466. The summed E-state index contributed by atoms with van der Waals surface area (Å²) >= 11 is 0. The second kappa shape index (κ2) is 6.75. The van der Waals surface area contributed by atoms with Crippen molar-refractivity contribution in [3.05, 3.63) is 59.2 Å². The van der Waals surface area contributed by atoms with Crippen molar-refractivity contribution in [1.82, 2.24) is 0 Å². The quantitative estimate of drug-likeness (QED) is 0.594. The number of hydrogen-bond donors (Lipinski definition) is 0. The van der Waals surface area contributed by atoms with Gasteiger partial charge in [-0.15, -0.1) is 0 Å². The highest BCUT2D eigenvalue weighted by molar-refractivity contribution is 5.74. The van der Waals surface area contributed by atoms with E-state index in [1.807, 2.05) is 26.0 Å². The Kier molecular flexibility index (Phi) is 4.77. The molecule has 3 nitrogen and oxygen atoms in total. The van der Waals surface area contributed by atoms with Crippen molar-refractivity contribution in [2.75, 3.05) is 13.2 Å². The molecule has 0 aliphatic rings. The molecule has 20 heavy (non-hydrogen) atoms. The second-order valence-corrected chi connectivity index (χ2v) is 4.71. The van der Waals surface area contributed by atoms with Gasteiger partial charge in [-0.2, -0.15) is 0 Å². The highest BCUT2D eigenvalue weighted by Crippen LogP contribution is 2.16. The molecule has 2 aromatic carbocycles. The summed E-state index contributed by atoms with van der Waals surface area (Å²) in [6.07, 6.45) is 0.812. The van der Waals surface area contributed by atoms with Gasteiger partial charge in [-0.3, -0.25) is 4.79 Å². The highest BCUT2D eigenvalue weighted by Gasteiger charge is 1.98. The summed E-state index contributed by atoms with van der Waals surface area (Å²) in [7, 11) is 0. The SMILES string of the molecule is Cc1cc(C)cc(OCCOc2ccc(C=O)cc2)c1. The van der Waals surface area contributed by atoms with Crippen LogP contribution >= 0.6 is 0 Å². The Hall–Kier alpha value is -2.29. The van der Waals surface area contributed by atoms with Crippen molar-refractivity contribution in [2.45, 2.75) is 13.8 Å². The standard InChI is InChI=1S/C17H18O3/c1-13-9-14(2)11-17(10-13)20-8-7-19-16-5-3-15(12-18)4-6-16/h3-6,9-12H,7-8H2,1-2H3. The second-order valence-electron chi connectivity index (χ2n) is 4.71. The molecule has 0 radical (unpaired) electrons. The molecule has 2 aromatic rings. The van der Waals surface area contributed by atoms with Crippen molar-refractivity contribution >= 4 is 6.29 Å². The van der Waals surface area contributed by atoms with E-state index >= 15 is 0 Å². The predicted octanol–water partition coefficient (Wildman–Crippen LogP) is 3.57. The minimum atomic E-state index is 0.466. The highest BCUT2D eigenvalue weighted by atomic mass is 16.5. The van der Waals surface area contributed by atoms with E-state index in [-0.39, 0.29) is 0 Å². The van der Waals surface area contributed by atoms with Gasteiger partial charge in [0, 0.05) is 5.56 Å². The summed E-state index contributed by atoms with van der Waals surface area (Å²) in [6.45, 7) is 5.04. The van der Waals surface area contributed by atoms with Gasteiger partial charge >= 0.3 is 0 Å². The van der Waals surface area contributed by atoms with Gasteiger partial charge < -0.3 is 9.47 Å². The van der Waals surface area contributed by atoms with Gasteiger partial charge in [0.05, 0.1) is 0 Å². The lowest BCUT2D eigenvalue weighted by Crippen LogP contribution is -2.09. The normalized spacial score (nSPS) is 10.1. The third-order valence-corrected chi connectivity index (χ3v) is 2.83. The largest absolute Gasteiger partial charge is 0.490 e. The fourth-order valence-corrected chi connectivity index (χ4v) is 1.98. The molecular weight excluding hydrogens is 252 g/mol. The van der Waals surface area contributed by atoms with Crippen LogP contribution in [0, 0.1) is 13.8 Å². The van der Waals surface area contributed by atoms with E-state index in [4.69, 9.17) is 9.47 Å². The lowest BCUT2D eigenvalue weighted by Gasteiger charge is -2.09. The number of aryl methyl sites for hydroxylation is 2. The number of rotatable bonds is 6. The van der Waals surface area contributed by atoms with Crippen molar-refractivity contribution in [1.29, 1.82) is 0 Å². The van der Waals surface area contributed by atoms with Crippen LogP contribution in [0.15, 0.2) is 42.5 Å². The topological polar surface area (TPSA) is 35.5 Å². The van der Waals surface area contributed by atoms with Gasteiger partial charge in [0.15, 0.2) is 0 Å². The van der Waals surface area contributed by atoms with Crippen molar-refractivity contribution < 1.29 is 14.3 Å². The molecule has 0 amide bonds. The van der Waals surface area contributed by atoms with Crippen LogP contribution in [0.1, 0.15) is 21.5 Å². The Morgan fingerprint density at radius 3 is 1.95 bits per heavy atom. The summed E-state index contributed by atoms with van der Waals surface area (Å²) in [5, 5.41) is 0. The maximum absolute atomic E-state index is 10.5. The Balaban J connectivity index is 1.79. The van der Waals surface area contributed by atoms with Crippen molar-refractivity contribution in [3.63, 3.8) is 0 Å². The monoisotopic (exact) mass is 270 g/mol. The summed E-state index contributed by atoms with van der Waals surface area (Å²) < 4.78 is 11.2. The number of aldehydes is 1. The fraction of sp³-hybridized carbons (Fsp3) is 0.235. The molecule has 0 aliphatic carbocycles. The summed E-state index contributed by atoms with van der Waals surface area (Å²) in [6, 6.07) is 13.1. The van der Waals surface area contributed by atoms with Crippen LogP contribution in [0.25, 0.3) is 0 Å². The minimum Gasteiger partial charge on any atom is -0.490 e. The van der Waals surface area contributed by atoms with E-state index in [1.54, 1.807) is 24.3 Å². The first-order valence-electron chi connectivity index (χ1n) is 6.56. The average molecular weight is 270 g/mol. The van der Waals surface area contributed by atoms with Gasteiger partial charge in [-0.05, 0) is 61.4 Å². The van der Waals surface area contributed by atoms with E-state index < -0.39 is 0 Å². The summed E-state index contributed by atoms with van der Waals surface area (Å²) in [4.78, 5) is 10.5. The van der Waals surface area contributed by atoms with E-state index in [0.717, 1.165) is 17.8 Å². The molecule has 0 spiro atoms. The number of ether oxygens (including phenoxy) is 2. The van der Waals surface area contributed by atoms with E-state index in [1.165, 1.54) is 11.1 Å². The molecule has 0 unspecified atom stereocenters. The average Bonchev–Trinajstić information content (AvgIpc) is 2.43. The molecule has 104 valence electrons. The van der Waals surface area contributed by atoms with Crippen LogP contribution in [-0.2, 0) is 0 Å². The fourth-order valence-electron chi connectivity index (χ4n) is 1.98. The zero-order chi connectivity index (χ0) is 14.4. The van der Waals surface area contributed by atoms with E-state index in [0.29, 0.717) is 18.8 Å². The molecule has 0 bridgehead atoms.